The predicted octanol–water partition coefficient (Wildman–Crippen LogP) is 12.6. The van der Waals surface area contributed by atoms with Gasteiger partial charge in [-0.1, -0.05) is 127 Å². The molecule has 0 bridgehead atoms. The summed E-state index contributed by atoms with van der Waals surface area (Å²) in [5.41, 5.74) is 7.81. The van der Waals surface area contributed by atoms with E-state index >= 15 is 0 Å². The van der Waals surface area contributed by atoms with Crippen molar-refractivity contribution in [3.63, 3.8) is 0 Å². The first-order chi connectivity index (χ1) is 25.8. The molecule has 3 aromatic heterocycles. The van der Waals surface area contributed by atoms with Crippen molar-refractivity contribution < 1.29 is 8.83 Å². The molecule has 5 nitrogen and oxygen atoms in total. The summed E-state index contributed by atoms with van der Waals surface area (Å²) >= 11 is 0. The second kappa shape index (κ2) is 11.2. The lowest BCUT2D eigenvalue weighted by atomic mass is 9.92. The molecule has 0 amide bonds. The smallest absolute Gasteiger partial charge is 0.167 e. The molecule has 8 aromatic carbocycles. The molecule has 0 spiro atoms. The molecule has 0 radical (unpaired) electrons. The molecule has 0 N–H and O–H groups in total. The quantitative estimate of drug-likeness (QED) is 0.175. The molecule has 0 fully saturated rings. The highest BCUT2D eigenvalue weighted by Gasteiger charge is 2.23. The minimum absolute atomic E-state index is 0.536. The Bertz CT molecular complexity index is 3190. The summed E-state index contributed by atoms with van der Waals surface area (Å²) in [6.45, 7) is 0. The van der Waals surface area contributed by atoms with Crippen LogP contribution in [0.4, 0.5) is 0 Å². The van der Waals surface area contributed by atoms with Gasteiger partial charge in [0.2, 0.25) is 0 Å². The van der Waals surface area contributed by atoms with Crippen LogP contribution in [0.25, 0.3) is 111 Å². The molecule has 11 rings (SSSR count). The van der Waals surface area contributed by atoms with Crippen molar-refractivity contribution in [2.45, 2.75) is 0 Å². The zero-order chi connectivity index (χ0) is 34.2. The molecule has 0 aliphatic rings. The van der Waals surface area contributed by atoms with Gasteiger partial charge in [-0.2, -0.15) is 0 Å². The zero-order valence-corrected chi connectivity index (χ0v) is 27.7. The van der Waals surface area contributed by atoms with E-state index in [9.17, 15) is 0 Å². The SMILES string of the molecule is c1ccc(-c2nc(-c3cccc4c3oc3ccccc34)nc(-c3c(-c4ccc5c(ccc6ccccc65)c4)ccc4oc5ccccc5c34)n2)cc1. The van der Waals surface area contributed by atoms with Gasteiger partial charge in [0.25, 0.3) is 0 Å². The lowest BCUT2D eigenvalue weighted by Crippen LogP contribution is -2.01. The van der Waals surface area contributed by atoms with Crippen molar-refractivity contribution in [3.8, 4) is 45.3 Å². The van der Waals surface area contributed by atoms with Gasteiger partial charge in [-0.3, -0.25) is 0 Å². The number of benzene rings is 8. The summed E-state index contributed by atoms with van der Waals surface area (Å²) in [4.78, 5) is 15.7. The standard InChI is InChI=1S/C47H27N3O2/c1-2-12-29(13-3-1)45-48-46(38-18-10-17-36-35-15-6-8-19-39(35)52-44(36)38)50-47(49-45)43-34(25-26-41-42(43)37-16-7-9-20-40(37)51-41)31-23-24-33-30(27-31)22-21-28-11-4-5-14-32(28)33/h1-27H. The topological polar surface area (TPSA) is 65.0 Å². The molecule has 11 aromatic rings. The van der Waals surface area contributed by atoms with E-state index in [0.717, 1.165) is 77.1 Å². The number of para-hydroxylation sites is 3. The zero-order valence-electron chi connectivity index (χ0n) is 27.7. The first-order valence-corrected chi connectivity index (χ1v) is 17.4. The minimum Gasteiger partial charge on any atom is -0.456 e. The molecule has 0 aliphatic carbocycles. The molecule has 52 heavy (non-hydrogen) atoms. The van der Waals surface area contributed by atoms with Crippen molar-refractivity contribution in [2.24, 2.45) is 0 Å². The van der Waals surface area contributed by atoms with Crippen LogP contribution >= 0.6 is 0 Å². The molecule has 0 saturated carbocycles. The summed E-state index contributed by atoms with van der Waals surface area (Å²) < 4.78 is 13.0. The number of rotatable bonds is 4. The minimum atomic E-state index is 0.536. The van der Waals surface area contributed by atoms with Crippen molar-refractivity contribution in [3.05, 3.63) is 164 Å². The highest BCUT2D eigenvalue weighted by molar-refractivity contribution is 6.16. The largest absolute Gasteiger partial charge is 0.456 e. The molecule has 3 heterocycles. The lowest BCUT2D eigenvalue weighted by molar-refractivity contribution is 0.668. The van der Waals surface area contributed by atoms with Gasteiger partial charge in [-0.15, -0.1) is 0 Å². The van der Waals surface area contributed by atoms with E-state index in [2.05, 4.69) is 84.9 Å². The van der Waals surface area contributed by atoms with Crippen LogP contribution in [0.1, 0.15) is 0 Å². The van der Waals surface area contributed by atoms with E-state index in [0.29, 0.717) is 17.5 Å². The van der Waals surface area contributed by atoms with Crippen LogP contribution in [-0.2, 0) is 0 Å². The molecule has 0 atom stereocenters. The first-order valence-electron chi connectivity index (χ1n) is 17.4. The molecule has 0 unspecified atom stereocenters. The van der Waals surface area contributed by atoms with Crippen LogP contribution in [0.3, 0.4) is 0 Å². The maximum atomic E-state index is 6.49. The second-order valence-electron chi connectivity index (χ2n) is 13.1. The maximum absolute atomic E-state index is 6.49. The molecular weight excluding hydrogens is 639 g/mol. The first kappa shape index (κ1) is 28.7. The monoisotopic (exact) mass is 665 g/mol. The Morgan fingerprint density at radius 3 is 1.90 bits per heavy atom. The van der Waals surface area contributed by atoms with E-state index in [1.54, 1.807) is 0 Å². The van der Waals surface area contributed by atoms with Gasteiger partial charge in [0, 0.05) is 32.7 Å². The van der Waals surface area contributed by atoms with E-state index in [4.69, 9.17) is 23.8 Å². The summed E-state index contributed by atoms with van der Waals surface area (Å²) in [6.07, 6.45) is 0. The molecule has 0 saturated heterocycles. The number of hydrogen-bond donors (Lipinski definition) is 0. The maximum Gasteiger partial charge on any atom is 0.167 e. The van der Waals surface area contributed by atoms with Crippen molar-refractivity contribution in [1.29, 1.82) is 0 Å². The van der Waals surface area contributed by atoms with E-state index in [1.165, 1.54) is 16.2 Å². The van der Waals surface area contributed by atoms with Crippen molar-refractivity contribution in [1.82, 2.24) is 15.0 Å². The van der Waals surface area contributed by atoms with Crippen LogP contribution in [0.2, 0.25) is 0 Å². The van der Waals surface area contributed by atoms with Gasteiger partial charge in [0.15, 0.2) is 17.5 Å². The summed E-state index contributed by atoms with van der Waals surface area (Å²) in [6, 6.07) is 56.3. The molecule has 0 aliphatic heterocycles. The Labute approximate surface area is 297 Å². The van der Waals surface area contributed by atoms with Crippen molar-refractivity contribution >= 4 is 65.4 Å². The van der Waals surface area contributed by atoms with Crippen LogP contribution in [0, 0.1) is 0 Å². The predicted molar refractivity (Wildman–Crippen MR) is 211 cm³/mol. The second-order valence-corrected chi connectivity index (χ2v) is 13.1. The fourth-order valence-corrected chi connectivity index (χ4v) is 7.72. The summed E-state index contributed by atoms with van der Waals surface area (Å²) in [5.74, 6) is 1.67. The van der Waals surface area contributed by atoms with E-state index < -0.39 is 0 Å². The Morgan fingerprint density at radius 2 is 1.02 bits per heavy atom. The van der Waals surface area contributed by atoms with Crippen molar-refractivity contribution in [2.75, 3.05) is 0 Å². The van der Waals surface area contributed by atoms with Crippen LogP contribution < -0.4 is 0 Å². The number of nitrogens with zero attached hydrogens (tertiary/aromatic N) is 3. The lowest BCUT2D eigenvalue weighted by Gasteiger charge is -2.14. The number of aromatic nitrogens is 3. The van der Waals surface area contributed by atoms with Gasteiger partial charge < -0.3 is 8.83 Å². The highest BCUT2D eigenvalue weighted by atomic mass is 16.3. The normalized spacial score (nSPS) is 11.8. The van der Waals surface area contributed by atoms with Gasteiger partial charge in [0.1, 0.15) is 22.3 Å². The fourth-order valence-electron chi connectivity index (χ4n) is 7.72. The summed E-state index contributed by atoms with van der Waals surface area (Å²) in [7, 11) is 0. The van der Waals surface area contributed by atoms with Gasteiger partial charge in [0.05, 0.1) is 5.56 Å². The van der Waals surface area contributed by atoms with Gasteiger partial charge in [-0.25, -0.2) is 15.0 Å². The van der Waals surface area contributed by atoms with E-state index in [-0.39, 0.29) is 0 Å². The fraction of sp³-hybridized carbons (Fsp3) is 0. The van der Waals surface area contributed by atoms with Crippen LogP contribution in [0.5, 0.6) is 0 Å². The number of furan rings is 2. The number of hydrogen-bond acceptors (Lipinski definition) is 5. The average molecular weight is 666 g/mol. The van der Waals surface area contributed by atoms with Gasteiger partial charge in [-0.05, 0) is 69.1 Å². The summed E-state index contributed by atoms with van der Waals surface area (Å²) in [5, 5.41) is 8.87. The average Bonchev–Trinajstić information content (AvgIpc) is 3.79. The highest BCUT2D eigenvalue weighted by Crippen LogP contribution is 2.44. The Kier molecular flexibility index (Phi) is 6.18. The van der Waals surface area contributed by atoms with Gasteiger partial charge >= 0.3 is 0 Å². The molecule has 242 valence electrons. The van der Waals surface area contributed by atoms with Crippen LogP contribution in [-0.4, -0.2) is 15.0 Å². The van der Waals surface area contributed by atoms with Crippen LogP contribution in [0.15, 0.2) is 173 Å². The number of fused-ring (bicyclic) bond motifs is 9. The Hall–Kier alpha value is -7.11. The molecule has 5 heteroatoms. The Balaban J connectivity index is 1.23. The third-order valence-corrected chi connectivity index (χ3v) is 10.1. The third-order valence-electron chi connectivity index (χ3n) is 10.1. The third kappa shape index (κ3) is 4.39. The Morgan fingerprint density at radius 1 is 0.346 bits per heavy atom. The molecular formula is C47H27N3O2. The van der Waals surface area contributed by atoms with E-state index in [1.807, 2.05) is 78.9 Å².